The zero-order valence-corrected chi connectivity index (χ0v) is 12.6. The molecule has 0 amide bonds. The van der Waals surface area contributed by atoms with E-state index in [0.717, 1.165) is 23.6 Å². The molecule has 0 atom stereocenters. The van der Waals surface area contributed by atoms with E-state index in [-0.39, 0.29) is 5.82 Å². The van der Waals surface area contributed by atoms with Crippen molar-refractivity contribution < 1.29 is 4.39 Å². The minimum absolute atomic E-state index is 0.127. The average molecular weight is 279 g/mol. The first-order valence-corrected chi connectivity index (χ1v) is 7.43. The Morgan fingerprint density at radius 2 is 2.05 bits per heavy atom. The van der Waals surface area contributed by atoms with Crippen LogP contribution >= 0.6 is 0 Å². The molecule has 1 aliphatic rings. The van der Waals surface area contributed by atoms with Crippen molar-refractivity contribution in [2.75, 3.05) is 33.7 Å². The van der Waals surface area contributed by atoms with Crippen molar-refractivity contribution in [1.82, 2.24) is 9.80 Å². The standard InChI is InChI=1S/C16H26FN3/c1-19-7-5-13(6-8-19)11-20(2)12-15-9-14(10-18)3-4-16(15)17/h3-4,9,13H,5-8,10-12,18H2,1-2H3. The fraction of sp³-hybridized carbons (Fsp3) is 0.625. The first kappa shape index (κ1) is 15.4. The third-order valence-corrected chi connectivity index (χ3v) is 4.19. The van der Waals surface area contributed by atoms with Gasteiger partial charge in [0.05, 0.1) is 0 Å². The van der Waals surface area contributed by atoms with Crippen molar-refractivity contribution in [3.05, 3.63) is 35.1 Å². The van der Waals surface area contributed by atoms with E-state index >= 15 is 0 Å². The van der Waals surface area contributed by atoms with Crippen LogP contribution in [0, 0.1) is 11.7 Å². The molecule has 1 aromatic carbocycles. The van der Waals surface area contributed by atoms with Gasteiger partial charge in [0.2, 0.25) is 0 Å². The van der Waals surface area contributed by atoms with Crippen molar-refractivity contribution >= 4 is 0 Å². The zero-order chi connectivity index (χ0) is 14.5. The van der Waals surface area contributed by atoms with Gasteiger partial charge >= 0.3 is 0 Å². The van der Waals surface area contributed by atoms with Crippen LogP contribution in [0.4, 0.5) is 4.39 Å². The van der Waals surface area contributed by atoms with Gasteiger partial charge in [0, 0.05) is 25.2 Å². The summed E-state index contributed by atoms with van der Waals surface area (Å²) in [6.45, 7) is 4.52. The number of likely N-dealkylation sites (tertiary alicyclic amines) is 1. The highest BCUT2D eigenvalue weighted by Crippen LogP contribution is 2.19. The highest BCUT2D eigenvalue weighted by Gasteiger charge is 2.18. The van der Waals surface area contributed by atoms with Crippen molar-refractivity contribution in [2.45, 2.75) is 25.9 Å². The van der Waals surface area contributed by atoms with Gasteiger partial charge in [-0.05, 0) is 57.6 Å². The lowest BCUT2D eigenvalue weighted by molar-refractivity contribution is 0.172. The first-order valence-electron chi connectivity index (χ1n) is 7.43. The normalized spacial score (nSPS) is 17.9. The van der Waals surface area contributed by atoms with Crippen LogP contribution in [0.3, 0.4) is 0 Å². The maximum Gasteiger partial charge on any atom is 0.127 e. The second-order valence-electron chi connectivity index (χ2n) is 6.07. The SMILES string of the molecule is CN1CCC(CN(C)Cc2cc(CN)ccc2F)CC1. The molecule has 112 valence electrons. The molecule has 1 heterocycles. The maximum absolute atomic E-state index is 13.8. The summed E-state index contributed by atoms with van der Waals surface area (Å²) >= 11 is 0. The van der Waals surface area contributed by atoms with Crippen LogP contribution in [0.1, 0.15) is 24.0 Å². The molecule has 3 nitrogen and oxygen atoms in total. The summed E-state index contributed by atoms with van der Waals surface area (Å²) in [6, 6.07) is 5.18. The Morgan fingerprint density at radius 3 is 2.70 bits per heavy atom. The van der Waals surface area contributed by atoms with Gasteiger partial charge in [0.1, 0.15) is 5.82 Å². The first-order chi connectivity index (χ1) is 9.58. The fourth-order valence-corrected chi connectivity index (χ4v) is 2.92. The highest BCUT2D eigenvalue weighted by molar-refractivity contribution is 5.25. The summed E-state index contributed by atoms with van der Waals surface area (Å²) < 4.78 is 13.8. The lowest BCUT2D eigenvalue weighted by Crippen LogP contribution is -2.35. The minimum atomic E-state index is -0.127. The van der Waals surface area contributed by atoms with E-state index in [4.69, 9.17) is 5.73 Å². The molecule has 0 aliphatic carbocycles. The number of rotatable bonds is 5. The van der Waals surface area contributed by atoms with Gasteiger partial charge in [-0.1, -0.05) is 12.1 Å². The van der Waals surface area contributed by atoms with Crippen LogP contribution in [-0.2, 0) is 13.1 Å². The van der Waals surface area contributed by atoms with E-state index in [2.05, 4.69) is 23.9 Å². The van der Waals surface area contributed by atoms with Gasteiger partial charge < -0.3 is 15.5 Å². The van der Waals surface area contributed by atoms with E-state index in [1.165, 1.54) is 32.0 Å². The Balaban J connectivity index is 1.89. The second-order valence-corrected chi connectivity index (χ2v) is 6.07. The van der Waals surface area contributed by atoms with Crippen LogP contribution in [0.15, 0.2) is 18.2 Å². The second kappa shape index (κ2) is 7.16. The Kier molecular flexibility index (Phi) is 5.52. The number of hydrogen-bond donors (Lipinski definition) is 1. The molecule has 0 unspecified atom stereocenters. The van der Waals surface area contributed by atoms with Crippen LogP contribution < -0.4 is 5.73 Å². The van der Waals surface area contributed by atoms with Crippen LogP contribution in [0.2, 0.25) is 0 Å². The van der Waals surface area contributed by atoms with Crippen molar-refractivity contribution in [3.63, 3.8) is 0 Å². The Hall–Kier alpha value is -0.970. The summed E-state index contributed by atoms with van der Waals surface area (Å²) in [6.07, 6.45) is 2.48. The van der Waals surface area contributed by atoms with E-state index in [1.54, 1.807) is 6.07 Å². The Morgan fingerprint density at radius 1 is 1.35 bits per heavy atom. The summed E-state index contributed by atoms with van der Waals surface area (Å²) in [5, 5.41) is 0. The summed E-state index contributed by atoms with van der Waals surface area (Å²) in [5.41, 5.74) is 7.37. The Bertz CT molecular complexity index is 428. The smallest absolute Gasteiger partial charge is 0.127 e. The summed E-state index contributed by atoms with van der Waals surface area (Å²) in [5.74, 6) is 0.606. The van der Waals surface area contributed by atoms with E-state index < -0.39 is 0 Å². The number of hydrogen-bond acceptors (Lipinski definition) is 3. The van der Waals surface area contributed by atoms with Gasteiger partial charge in [0.15, 0.2) is 0 Å². The molecule has 1 saturated heterocycles. The number of nitrogens with two attached hydrogens (primary N) is 1. The molecule has 0 saturated carbocycles. The third-order valence-electron chi connectivity index (χ3n) is 4.19. The average Bonchev–Trinajstić information content (AvgIpc) is 2.44. The molecule has 2 N–H and O–H groups in total. The number of nitrogens with zero attached hydrogens (tertiary/aromatic N) is 2. The molecule has 1 fully saturated rings. The molecule has 20 heavy (non-hydrogen) atoms. The fourth-order valence-electron chi connectivity index (χ4n) is 2.92. The third kappa shape index (κ3) is 4.27. The molecular weight excluding hydrogens is 253 g/mol. The minimum Gasteiger partial charge on any atom is -0.326 e. The van der Waals surface area contributed by atoms with Crippen LogP contribution in [0.5, 0.6) is 0 Å². The summed E-state index contributed by atoms with van der Waals surface area (Å²) in [4.78, 5) is 4.61. The molecule has 0 aromatic heterocycles. The topological polar surface area (TPSA) is 32.5 Å². The predicted molar refractivity (Wildman–Crippen MR) is 80.8 cm³/mol. The Labute approximate surface area is 121 Å². The lowest BCUT2D eigenvalue weighted by atomic mass is 9.96. The summed E-state index contributed by atoms with van der Waals surface area (Å²) in [7, 11) is 4.25. The van der Waals surface area contributed by atoms with Gasteiger partial charge in [-0.2, -0.15) is 0 Å². The number of piperidine rings is 1. The van der Waals surface area contributed by atoms with Gasteiger partial charge in [-0.15, -0.1) is 0 Å². The van der Waals surface area contributed by atoms with Crippen molar-refractivity contribution in [2.24, 2.45) is 11.7 Å². The van der Waals surface area contributed by atoms with E-state index in [0.29, 0.717) is 13.1 Å². The highest BCUT2D eigenvalue weighted by atomic mass is 19.1. The van der Waals surface area contributed by atoms with E-state index in [1.807, 2.05) is 6.07 Å². The predicted octanol–water partition coefficient (Wildman–Crippen LogP) is 2.06. The number of halogens is 1. The monoisotopic (exact) mass is 279 g/mol. The molecular formula is C16H26FN3. The molecule has 2 rings (SSSR count). The van der Waals surface area contributed by atoms with E-state index in [9.17, 15) is 4.39 Å². The quantitative estimate of drug-likeness (QED) is 0.895. The molecule has 1 aromatic rings. The maximum atomic E-state index is 13.8. The van der Waals surface area contributed by atoms with Gasteiger partial charge in [0.25, 0.3) is 0 Å². The molecule has 1 aliphatic heterocycles. The molecule has 4 heteroatoms. The largest absolute Gasteiger partial charge is 0.326 e. The molecule has 0 radical (unpaired) electrons. The molecule has 0 bridgehead atoms. The van der Waals surface area contributed by atoms with Gasteiger partial charge in [-0.25, -0.2) is 4.39 Å². The number of benzene rings is 1. The van der Waals surface area contributed by atoms with Crippen molar-refractivity contribution in [3.8, 4) is 0 Å². The lowest BCUT2D eigenvalue weighted by Gasteiger charge is -2.31. The zero-order valence-electron chi connectivity index (χ0n) is 12.6. The van der Waals surface area contributed by atoms with Gasteiger partial charge in [-0.3, -0.25) is 0 Å². The van der Waals surface area contributed by atoms with Crippen LogP contribution in [-0.4, -0.2) is 43.5 Å². The van der Waals surface area contributed by atoms with Crippen molar-refractivity contribution in [1.29, 1.82) is 0 Å². The van der Waals surface area contributed by atoms with Crippen LogP contribution in [0.25, 0.3) is 0 Å². The molecule has 0 spiro atoms.